The normalized spacial score (nSPS) is 16.8. The summed E-state index contributed by atoms with van der Waals surface area (Å²) in [5.41, 5.74) is 1.06. The van der Waals surface area contributed by atoms with Gasteiger partial charge in [0.1, 0.15) is 6.04 Å². The molecule has 1 heterocycles. The molecule has 2 N–H and O–H groups in total. The Morgan fingerprint density at radius 2 is 1.65 bits per heavy atom. The summed E-state index contributed by atoms with van der Waals surface area (Å²) in [5.74, 6) is 0.0891. The summed E-state index contributed by atoms with van der Waals surface area (Å²) in [7, 11) is 0. The number of rotatable bonds is 9. The van der Waals surface area contributed by atoms with E-state index in [-0.39, 0.29) is 41.5 Å². The Balaban J connectivity index is 1.89. The molecule has 172 valence electrons. The molecule has 1 aliphatic rings. The van der Waals surface area contributed by atoms with Crippen molar-refractivity contribution in [3.8, 4) is 0 Å². The zero-order chi connectivity index (χ0) is 23.0. The molecule has 1 aromatic carbocycles. The maximum absolute atomic E-state index is 13.1. The second kappa shape index (κ2) is 11.9. The molecule has 31 heavy (non-hydrogen) atoms. The fraction of sp³-hybridized carbons (Fsp3) is 0.640. The van der Waals surface area contributed by atoms with E-state index in [0.29, 0.717) is 19.5 Å². The first-order chi connectivity index (χ1) is 14.7. The number of benzene rings is 1. The van der Waals surface area contributed by atoms with Gasteiger partial charge in [-0.25, -0.2) is 0 Å². The predicted octanol–water partition coefficient (Wildman–Crippen LogP) is 3.47. The molecule has 0 radical (unpaired) electrons. The Hall–Kier alpha value is -2.37. The number of nitrogens with one attached hydrogen (secondary N) is 2. The maximum atomic E-state index is 13.1. The van der Waals surface area contributed by atoms with Crippen LogP contribution in [0.4, 0.5) is 0 Å². The van der Waals surface area contributed by atoms with E-state index in [0.717, 1.165) is 24.8 Å². The van der Waals surface area contributed by atoms with Crippen LogP contribution >= 0.6 is 0 Å². The van der Waals surface area contributed by atoms with Crippen LogP contribution in [0.15, 0.2) is 30.3 Å². The quantitative estimate of drug-likeness (QED) is 0.631. The van der Waals surface area contributed by atoms with Crippen molar-refractivity contribution < 1.29 is 14.4 Å². The zero-order valence-corrected chi connectivity index (χ0v) is 19.7. The third kappa shape index (κ3) is 7.37. The number of likely N-dealkylation sites (tertiary alicyclic amines) is 1. The molecule has 0 aromatic heterocycles. The van der Waals surface area contributed by atoms with E-state index in [2.05, 4.69) is 10.6 Å². The van der Waals surface area contributed by atoms with Crippen LogP contribution in [0.1, 0.15) is 71.8 Å². The van der Waals surface area contributed by atoms with Crippen LogP contribution in [0.25, 0.3) is 0 Å². The van der Waals surface area contributed by atoms with Gasteiger partial charge in [0.15, 0.2) is 0 Å². The fourth-order valence-corrected chi connectivity index (χ4v) is 4.13. The zero-order valence-electron chi connectivity index (χ0n) is 19.7. The minimum Gasteiger partial charge on any atom is -0.351 e. The van der Waals surface area contributed by atoms with Crippen LogP contribution in [0, 0.1) is 11.8 Å². The van der Waals surface area contributed by atoms with E-state index in [1.54, 1.807) is 0 Å². The first-order valence-corrected chi connectivity index (χ1v) is 11.7. The van der Waals surface area contributed by atoms with E-state index in [1.165, 1.54) is 0 Å². The first kappa shape index (κ1) is 24.9. The molecule has 3 amide bonds. The Labute approximate surface area is 187 Å². The van der Waals surface area contributed by atoms with E-state index in [4.69, 9.17) is 0 Å². The lowest BCUT2D eigenvalue weighted by Gasteiger charge is -2.35. The second-order valence-corrected chi connectivity index (χ2v) is 9.37. The molecule has 2 atom stereocenters. The molecule has 0 spiro atoms. The van der Waals surface area contributed by atoms with Gasteiger partial charge in [-0.1, -0.05) is 65.0 Å². The highest BCUT2D eigenvalue weighted by atomic mass is 16.2. The van der Waals surface area contributed by atoms with Crippen LogP contribution in [-0.4, -0.2) is 47.8 Å². The smallest absolute Gasteiger partial charge is 0.243 e. The van der Waals surface area contributed by atoms with Gasteiger partial charge in [-0.3, -0.25) is 14.4 Å². The number of nitrogens with zero attached hydrogens (tertiary/aromatic N) is 1. The molecule has 0 bridgehead atoms. The highest BCUT2D eigenvalue weighted by Gasteiger charge is 2.31. The molecule has 0 aliphatic carbocycles. The average molecular weight is 430 g/mol. The molecule has 6 nitrogen and oxygen atoms in total. The highest BCUT2D eigenvalue weighted by Crippen LogP contribution is 2.24. The second-order valence-electron chi connectivity index (χ2n) is 9.37. The summed E-state index contributed by atoms with van der Waals surface area (Å²) in [6, 6.07) is 9.42. The average Bonchev–Trinajstić information content (AvgIpc) is 2.73. The van der Waals surface area contributed by atoms with Crippen molar-refractivity contribution in [2.24, 2.45) is 11.8 Å². The number of carbonyl (C=O) groups is 3. The summed E-state index contributed by atoms with van der Waals surface area (Å²) < 4.78 is 0. The molecule has 1 aromatic rings. The van der Waals surface area contributed by atoms with Crippen molar-refractivity contribution in [3.05, 3.63) is 35.9 Å². The molecule has 2 rings (SSSR count). The molecular formula is C25H39N3O3. The van der Waals surface area contributed by atoms with E-state index in [1.807, 2.05) is 69.9 Å². The Kier molecular flexibility index (Phi) is 9.53. The molecule has 1 saturated heterocycles. The Bertz CT molecular complexity index is 725. The lowest BCUT2D eigenvalue weighted by atomic mass is 9.93. The number of carbonyl (C=O) groups excluding carboxylic acids is 3. The topological polar surface area (TPSA) is 78.5 Å². The number of hydrogen-bond donors (Lipinski definition) is 2. The van der Waals surface area contributed by atoms with Crippen LogP contribution in [0.3, 0.4) is 0 Å². The third-order valence-electron chi connectivity index (χ3n) is 5.92. The summed E-state index contributed by atoms with van der Waals surface area (Å²) in [6.07, 6.45) is 2.64. The third-order valence-corrected chi connectivity index (χ3v) is 5.92. The van der Waals surface area contributed by atoms with Crippen LogP contribution < -0.4 is 10.6 Å². The highest BCUT2D eigenvalue weighted by molar-refractivity contribution is 5.88. The fourth-order valence-electron chi connectivity index (χ4n) is 4.13. The van der Waals surface area contributed by atoms with Crippen molar-refractivity contribution >= 4 is 17.7 Å². The molecule has 1 fully saturated rings. The van der Waals surface area contributed by atoms with Crippen molar-refractivity contribution in [2.75, 3.05) is 13.1 Å². The van der Waals surface area contributed by atoms with Crippen molar-refractivity contribution in [2.45, 2.75) is 78.3 Å². The van der Waals surface area contributed by atoms with Crippen LogP contribution in [0.2, 0.25) is 0 Å². The van der Waals surface area contributed by atoms with Gasteiger partial charge < -0.3 is 15.5 Å². The van der Waals surface area contributed by atoms with Gasteiger partial charge in [0.05, 0.1) is 5.92 Å². The Morgan fingerprint density at radius 1 is 1.03 bits per heavy atom. The van der Waals surface area contributed by atoms with Gasteiger partial charge in [0, 0.05) is 25.6 Å². The van der Waals surface area contributed by atoms with Gasteiger partial charge in [-0.15, -0.1) is 0 Å². The van der Waals surface area contributed by atoms with E-state index >= 15 is 0 Å². The predicted molar refractivity (Wildman–Crippen MR) is 123 cm³/mol. The van der Waals surface area contributed by atoms with Crippen LogP contribution in [-0.2, 0) is 14.4 Å². The number of hydrogen-bond acceptors (Lipinski definition) is 3. The lowest BCUT2D eigenvalue weighted by molar-refractivity contribution is -0.134. The van der Waals surface area contributed by atoms with Gasteiger partial charge in [0.2, 0.25) is 17.7 Å². The first-order valence-electron chi connectivity index (χ1n) is 11.7. The molecule has 0 saturated carbocycles. The van der Waals surface area contributed by atoms with Crippen molar-refractivity contribution in [3.63, 3.8) is 0 Å². The minimum absolute atomic E-state index is 0.00830. The number of piperidine rings is 1. The van der Waals surface area contributed by atoms with Gasteiger partial charge in [0.25, 0.3) is 0 Å². The standard InChI is InChI=1S/C25H39N3O3/c1-6-21(19-10-8-7-9-11-19)25(31)28-14-12-20(13-15-28)26-24(30)23(18(4)5)27-22(29)16-17(2)3/h7-11,17-18,20-21,23H,6,12-16H2,1-5H3,(H,26,30)(H,27,29). The maximum Gasteiger partial charge on any atom is 0.243 e. The molecule has 1 aliphatic heterocycles. The van der Waals surface area contributed by atoms with E-state index in [9.17, 15) is 14.4 Å². The van der Waals surface area contributed by atoms with Gasteiger partial charge in [-0.05, 0) is 36.7 Å². The summed E-state index contributed by atoms with van der Waals surface area (Å²) >= 11 is 0. The summed E-state index contributed by atoms with van der Waals surface area (Å²) in [5, 5.41) is 5.99. The number of amides is 3. The summed E-state index contributed by atoms with van der Waals surface area (Å²) in [4.78, 5) is 40.0. The van der Waals surface area contributed by atoms with E-state index < -0.39 is 6.04 Å². The van der Waals surface area contributed by atoms with Crippen molar-refractivity contribution in [1.29, 1.82) is 0 Å². The molecule has 2 unspecified atom stereocenters. The molecule has 6 heteroatoms. The lowest BCUT2D eigenvalue weighted by Crippen LogP contribution is -2.54. The largest absolute Gasteiger partial charge is 0.351 e. The molecular weight excluding hydrogens is 390 g/mol. The SMILES string of the molecule is CCC(C(=O)N1CCC(NC(=O)C(NC(=O)CC(C)C)C(C)C)CC1)c1ccccc1. The monoisotopic (exact) mass is 429 g/mol. The summed E-state index contributed by atoms with van der Waals surface area (Å²) in [6.45, 7) is 11.2. The van der Waals surface area contributed by atoms with Crippen LogP contribution in [0.5, 0.6) is 0 Å². The minimum atomic E-state index is -0.534. The van der Waals surface area contributed by atoms with Gasteiger partial charge in [-0.2, -0.15) is 0 Å². The van der Waals surface area contributed by atoms with Gasteiger partial charge >= 0.3 is 0 Å². The Morgan fingerprint density at radius 3 is 2.16 bits per heavy atom. The van der Waals surface area contributed by atoms with Crippen molar-refractivity contribution in [1.82, 2.24) is 15.5 Å².